The van der Waals surface area contributed by atoms with Gasteiger partial charge in [0, 0.05) is 24.3 Å². The van der Waals surface area contributed by atoms with Crippen molar-refractivity contribution in [1.29, 1.82) is 0 Å². The third kappa shape index (κ3) is 4.09. The average Bonchev–Trinajstić information content (AvgIpc) is 3.24. The van der Waals surface area contributed by atoms with Gasteiger partial charge in [-0.25, -0.2) is 5.01 Å². The molecule has 1 aromatic heterocycles. The molecular formula is C18H17ClN2O4. The number of carboxylic acids is 1. The first kappa shape index (κ1) is 17.2. The number of hydrazone groups is 1. The van der Waals surface area contributed by atoms with Gasteiger partial charge < -0.3 is 9.52 Å². The van der Waals surface area contributed by atoms with Gasteiger partial charge in [0.15, 0.2) is 0 Å². The summed E-state index contributed by atoms with van der Waals surface area (Å²) in [6, 6.07) is 10.6. The smallest absolute Gasteiger partial charge is 0.303 e. The van der Waals surface area contributed by atoms with E-state index in [4.69, 9.17) is 21.1 Å². The molecule has 0 saturated carbocycles. The number of amides is 1. The van der Waals surface area contributed by atoms with Crippen LogP contribution in [-0.4, -0.2) is 27.7 Å². The first-order chi connectivity index (χ1) is 12.0. The summed E-state index contributed by atoms with van der Waals surface area (Å²) in [5.74, 6) is -0.513. The van der Waals surface area contributed by atoms with E-state index in [2.05, 4.69) is 5.10 Å². The number of hydrogen-bond acceptors (Lipinski definition) is 4. The number of halogens is 1. The number of benzene rings is 1. The molecule has 3 rings (SSSR count). The summed E-state index contributed by atoms with van der Waals surface area (Å²) in [7, 11) is 0. The molecule has 0 unspecified atom stereocenters. The molecule has 1 N–H and O–H groups in total. The minimum Gasteiger partial charge on any atom is -0.481 e. The van der Waals surface area contributed by atoms with Crippen molar-refractivity contribution in [2.45, 2.75) is 31.7 Å². The van der Waals surface area contributed by atoms with Crippen molar-refractivity contribution in [2.75, 3.05) is 0 Å². The Balaban J connectivity index is 1.83. The van der Waals surface area contributed by atoms with Gasteiger partial charge in [0.25, 0.3) is 0 Å². The molecule has 0 radical (unpaired) electrons. The second-order valence-electron chi connectivity index (χ2n) is 5.78. The Morgan fingerprint density at radius 2 is 2.12 bits per heavy atom. The monoisotopic (exact) mass is 360 g/mol. The Bertz CT molecular complexity index is 801. The molecule has 2 heterocycles. The standard InChI is InChI=1S/C18H17ClN2O4/c19-13-5-1-4-12(10-13)15-11-14(16-6-3-9-25-16)20-21(15)17(22)7-2-8-18(23)24/h1,3-6,9-10,15H,2,7-8,11H2,(H,23,24)/t15-/m0/s1. The van der Waals surface area contributed by atoms with E-state index in [0.29, 0.717) is 22.9 Å². The number of carboxylic acid groups (broad SMARTS) is 1. The van der Waals surface area contributed by atoms with E-state index in [1.807, 2.05) is 18.2 Å². The molecular weight excluding hydrogens is 344 g/mol. The van der Waals surface area contributed by atoms with Gasteiger partial charge in [-0.3, -0.25) is 9.59 Å². The molecule has 25 heavy (non-hydrogen) atoms. The zero-order chi connectivity index (χ0) is 17.8. The van der Waals surface area contributed by atoms with Gasteiger partial charge in [-0.1, -0.05) is 23.7 Å². The van der Waals surface area contributed by atoms with Crippen molar-refractivity contribution in [3.63, 3.8) is 0 Å². The maximum Gasteiger partial charge on any atom is 0.303 e. The van der Waals surface area contributed by atoms with E-state index in [0.717, 1.165) is 5.56 Å². The van der Waals surface area contributed by atoms with Gasteiger partial charge >= 0.3 is 5.97 Å². The SMILES string of the molecule is O=C(O)CCCC(=O)N1N=C(c2ccco2)C[C@H]1c1cccc(Cl)c1. The van der Waals surface area contributed by atoms with Crippen LogP contribution < -0.4 is 0 Å². The zero-order valence-electron chi connectivity index (χ0n) is 13.4. The Morgan fingerprint density at radius 1 is 1.28 bits per heavy atom. The van der Waals surface area contributed by atoms with Crippen molar-refractivity contribution in [1.82, 2.24) is 5.01 Å². The normalized spacial score (nSPS) is 16.8. The fourth-order valence-corrected chi connectivity index (χ4v) is 3.01. The molecule has 0 fully saturated rings. The van der Waals surface area contributed by atoms with Crippen LogP contribution in [0.2, 0.25) is 5.02 Å². The van der Waals surface area contributed by atoms with Gasteiger partial charge in [-0.15, -0.1) is 0 Å². The molecule has 1 aliphatic heterocycles. The molecule has 6 nitrogen and oxygen atoms in total. The lowest BCUT2D eigenvalue weighted by Gasteiger charge is -2.22. The lowest BCUT2D eigenvalue weighted by molar-refractivity contribution is -0.137. The molecule has 0 aliphatic carbocycles. The van der Waals surface area contributed by atoms with Crippen LogP contribution in [0.3, 0.4) is 0 Å². The number of rotatable bonds is 6. The summed E-state index contributed by atoms with van der Waals surface area (Å²) in [6.45, 7) is 0. The number of carbonyl (C=O) groups is 2. The summed E-state index contributed by atoms with van der Waals surface area (Å²) in [4.78, 5) is 23.2. The van der Waals surface area contributed by atoms with Crippen LogP contribution in [0, 0.1) is 0 Å². The van der Waals surface area contributed by atoms with Crippen molar-refractivity contribution < 1.29 is 19.1 Å². The largest absolute Gasteiger partial charge is 0.481 e. The highest BCUT2D eigenvalue weighted by molar-refractivity contribution is 6.30. The van der Waals surface area contributed by atoms with Crippen LogP contribution in [0.5, 0.6) is 0 Å². The van der Waals surface area contributed by atoms with Crippen molar-refractivity contribution in [2.24, 2.45) is 5.10 Å². The fourth-order valence-electron chi connectivity index (χ4n) is 2.81. The van der Waals surface area contributed by atoms with E-state index in [1.54, 1.807) is 24.5 Å². The summed E-state index contributed by atoms with van der Waals surface area (Å²) in [5, 5.41) is 15.2. The summed E-state index contributed by atoms with van der Waals surface area (Å²) >= 11 is 6.08. The minimum absolute atomic E-state index is 0.0455. The van der Waals surface area contributed by atoms with Crippen molar-refractivity contribution >= 4 is 29.2 Å². The van der Waals surface area contributed by atoms with Crippen LogP contribution >= 0.6 is 11.6 Å². The summed E-state index contributed by atoms with van der Waals surface area (Å²) in [5.41, 5.74) is 1.56. The average molecular weight is 361 g/mol. The van der Waals surface area contributed by atoms with Gasteiger partial charge in [-0.2, -0.15) is 5.10 Å². The molecule has 1 aliphatic rings. The van der Waals surface area contributed by atoms with Crippen molar-refractivity contribution in [3.8, 4) is 0 Å². The third-order valence-corrected chi connectivity index (χ3v) is 4.22. The molecule has 7 heteroatoms. The Hall–Kier alpha value is -2.60. The number of nitrogens with zero attached hydrogens (tertiary/aromatic N) is 2. The van der Waals surface area contributed by atoms with Gasteiger partial charge in [-0.05, 0) is 36.2 Å². The minimum atomic E-state index is -0.916. The quantitative estimate of drug-likeness (QED) is 0.847. The zero-order valence-corrected chi connectivity index (χ0v) is 14.1. The number of hydrogen-bond donors (Lipinski definition) is 1. The molecule has 0 saturated heterocycles. The molecule has 0 bridgehead atoms. The first-order valence-corrected chi connectivity index (χ1v) is 8.33. The highest BCUT2D eigenvalue weighted by Gasteiger charge is 2.33. The topological polar surface area (TPSA) is 83.1 Å². The van der Waals surface area contributed by atoms with Crippen LogP contribution in [0.15, 0.2) is 52.2 Å². The van der Waals surface area contributed by atoms with Crippen LogP contribution in [-0.2, 0) is 9.59 Å². The maximum absolute atomic E-state index is 12.6. The maximum atomic E-state index is 12.6. The van der Waals surface area contributed by atoms with E-state index in [1.165, 1.54) is 5.01 Å². The molecule has 130 valence electrons. The van der Waals surface area contributed by atoms with Crippen molar-refractivity contribution in [3.05, 3.63) is 59.0 Å². The molecule has 0 spiro atoms. The van der Waals surface area contributed by atoms with Crippen LogP contribution in [0.4, 0.5) is 0 Å². The Labute approximate surface area is 149 Å². The van der Waals surface area contributed by atoms with Gasteiger partial charge in [0.2, 0.25) is 5.91 Å². The molecule has 2 aromatic rings. The predicted molar refractivity (Wildman–Crippen MR) is 92.4 cm³/mol. The predicted octanol–water partition coefficient (Wildman–Crippen LogP) is 3.87. The van der Waals surface area contributed by atoms with Crippen LogP contribution in [0.25, 0.3) is 0 Å². The van der Waals surface area contributed by atoms with Crippen LogP contribution in [0.1, 0.15) is 43.0 Å². The summed E-state index contributed by atoms with van der Waals surface area (Å²) < 4.78 is 5.39. The van der Waals surface area contributed by atoms with Gasteiger partial charge in [0.05, 0.1) is 12.3 Å². The number of aliphatic carboxylic acids is 1. The highest BCUT2D eigenvalue weighted by Crippen LogP contribution is 2.34. The van der Waals surface area contributed by atoms with E-state index >= 15 is 0 Å². The first-order valence-electron chi connectivity index (χ1n) is 7.95. The van der Waals surface area contributed by atoms with E-state index in [9.17, 15) is 9.59 Å². The van der Waals surface area contributed by atoms with E-state index < -0.39 is 5.97 Å². The highest BCUT2D eigenvalue weighted by atomic mass is 35.5. The molecule has 1 atom stereocenters. The number of furan rings is 1. The molecule has 1 aromatic carbocycles. The molecule has 1 amide bonds. The third-order valence-electron chi connectivity index (χ3n) is 3.99. The number of carbonyl (C=O) groups excluding carboxylic acids is 1. The fraction of sp³-hybridized carbons (Fsp3) is 0.278. The second kappa shape index (κ2) is 7.53. The summed E-state index contributed by atoms with van der Waals surface area (Å²) in [6.07, 6.45) is 2.43. The lowest BCUT2D eigenvalue weighted by Crippen LogP contribution is -2.27. The second-order valence-corrected chi connectivity index (χ2v) is 6.22. The Morgan fingerprint density at radius 3 is 2.80 bits per heavy atom. The Kier molecular flexibility index (Phi) is 5.19. The van der Waals surface area contributed by atoms with Gasteiger partial charge in [0.1, 0.15) is 11.5 Å². The lowest BCUT2D eigenvalue weighted by atomic mass is 10.0. The van der Waals surface area contributed by atoms with E-state index in [-0.39, 0.29) is 31.2 Å².